The molecule has 0 spiro atoms. The third-order valence-electron chi connectivity index (χ3n) is 5.99. The number of nitrogens with one attached hydrogen (secondary N) is 1. The molecule has 3 aliphatic carbocycles. The molecular formula is C20H23N3O5. The van der Waals surface area contributed by atoms with Gasteiger partial charge in [0.05, 0.1) is 30.4 Å². The molecule has 0 atom stereocenters. The van der Waals surface area contributed by atoms with Crippen LogP contribution in [-0.2, 0) is 14.3 Å². The van der Waals surface area contributed by atoms with Crippen LogP contribution < -0.4 is 15.0 Å². The molecule has 3 heterocycles. The van der Waals surface area contributed by atoms with Gasteiger partial charge in [-0.1, -0.05) is 0 Å². The molecule has 8 nitrogen and oxygen atoms in total. The predicted molar refractivity (Wildman–Crippen MR) is 101 cm³/mol. The number of hydrogen-bond acceptors (Lipinski definition) is 7. The number of carbonyl (C=O) groups is 1. The van der Waals surface area contributed by atoms with Crippen molar-refractivity contribution >= 4 is 17.6 Å². The normalized spacial score (nSPS) is 28.2. The van der Waals surface area contributed by atoms with E-state index in [0.717, 1.165) is 38.2 Å². The first-order valence-corrected chi connectivity index (χ1v) is 9.53. The fourth-order valence-corrected chi connectivity index (χ4v) is 4.37. The zero-order chi connectivity index (χ0) is 19.2. The lowest BCUT2D eigenvalue weighted by atomic mass is 9.41. The van der Waals surface area contributed by atoms with Gasteiger partial charge in [0, 0.05) is 32.3 Å². The van der Waals surface area contributed by atoms with E-state index in [1.807, 2.05) is 12.1 Å². The van der Waals surface area contributed by atoms with Crippen molar-refractivity contribution in [2.24, 2.45) is 5.41 Å². The van der Waals surface area contributed by atoms with Gasteiger partial charge in [-0.05, 0) is 31.4 Å². The highest BCUT2D eigenvalue weighted by atomic mass is 16.6. The summed E-state index contributed by atoms with van der Waals surface area (Å²) in [6.07, 6.45) is 4.02. The Balaban J connectivity index is 1.17. The molecule has 8 heteroatoms. The van der Waals surface area contributed by atoms with Crippen LogP contribution in [0.1, 0.15) is 19.3 Å². The van der Waals surface area contributed by atoms with E-state index in [-0.39, 0.29) is 16.9 Å². The first-order valence-electron chi connectivity index (χ1n) is 9.53. The molecule has 1 N–H and O–H groups in total. The lowest BCUT2D eigenvalue weighted by Crippen LogP contribution is -2.72. The maximum Gasteiger partial charge on any atom is 0.291 e. The van der Waals surface area contributed by atoms with Crippen LogP contribution in [0.15, 0.2) is 34.9 Å². The van der Waals surface area contributed by atoms with Crippen LogP contribution in [-0.4, -0.2) is 49.9 Å². The van der Waals surface area contributed by atoms with Crippen molar-refractivity contribution in [1.82, 2.24) is 4.98 Å². The average molecular weight is 385 g/mol. The minimum Gasteiger partial charge on any atom is -0.424 e. The van der Waals surface area contributed by atoms with Crippen LogP contribution in [0.25, 0.3) is 0 Å². The van der Waals surface area contributed by atoms with Gasteiger partial charge in [0.15, 0.2) is 0 Å². The number of nitrogens with zero attached hydrogens (tertiary/aromatic N) is 2. The Kier molecular flexibility index (Phi) is 4.06. The molecule has 0 unspecified atom stereocenters. The number of carbonyl (C=O) groups excluding carboxylic acids is 1. The summed E-state index contributed by atoms with van der Waals surface area (Å²) in [5.74, 6) is 2.15. The Hall–Kier alpha value is -2.58. The van der Waals surface area contributed by atoms with Crippen molar-refractivity contribution in [3.63, 3.8) is 0 Å². The monoisotopic (exact) mass is 385 g/mol. The van der Waals surface area contributed by atoms with Crippen molar-refractivity contribution < 1.29 is 23.4 Å². The van der Waals surface area contributed by atoms with E-state index < -0.39 is 0 Å². The largest absolute Gasteiger partial charge is 0.424 e. The van der Waals surface area contributed by atoms with Gasteiger partial charge in [-0.15, -0.1) is 0 Å². The number of methoxy groups -OCH3 is 1. The number of rotatable bonds is 6. The fourth-order valence-electron chi connectivity index (χ4n) is 4.37. The smallest absolute Gasteiger partial charge is 0.291 e. The van der Waals surface area contributed by atoms with Gasteiger partial charge < -0.3 is 23.5 Å². The Bertz CT molecular complexity index is 852. The molecule has 1 amide bonds. The van der Waals surface area contributed by atoms with Gasteiger partial charge >= 0.3 is 0 Å². The van der Waals surface area contributed by atoms with Crippen molar-refractivity contribution in [2.75, 3.05) is 43.6 Å². The van der Waals surface area contributed by atoms with E-state index in [9.17, 15) is 4.79 Å². The van der Waals surface area contributed by atoms with Gasteiger partial charge in [-0.2, -0.15) is 0 Å². The first-order chi connectivity index (χ1) is 13.6. The quantitative estimate of drug-likeness (QED) is 0.818. The standard InChI is InChI=1S/C20H23N3O5/c1-25-20-11-19(12-20,13-20)18(24)22-16-4-5-17(28-16)27-14-2-3-15(21-10-14)23-6-8-26-9-7-23/h2-5,10H,6-9,11-13H2,1H3,(H,22,24). The first kappa shape index (κ1) is 17.5. The molecule has 0 aromatic carbocycles. The highest BCUT2D eigenvalue weighted by molar-refractivity contribution is 5.97. The average Bonchev–Trinajstić information content (AvgIpc) is 3.08. The highest BCUT2D eigenvalue weighted by Crippen LogP contribution is 2.69. The van der Waals surface area contributed by atoms with E-state index in [2.05, 4.69) is 15.2 Å². The van der Waals surface area contributed by atoms with E-state index in [1.54, 1.807) is 25.4 Å². The predicted octanol–water partition coefficient (Wildman–Crippen LogP) is 2.81. The topological polar surface area (TPSA) is 86.1 Å². The number of morpholine rings is 1. The van der Waals surface area contributed by atoms with Crippen molar-refractivity contribution in [2.45, 2.75) is 24.9 Å². The molecule has 1 saturated heterocycles. The van der Waals surface area contributed by atoms with Gasteiger partial charge in [-0.25, -0.2) is 4.98 Å². The van der Waals surface area contributed by atoms with Crippen LogP contribution in [0, 0.1) is 5.41 Å². The molecule has 2 aromatic rings. The molecule has 1 aliphatic heterocycles. The van der Waals surface area contributed by atoms with Gasteiger partial charge in [0.25, 0.3) is 5.95 Å². The summed E-state index contributed by atoms with van der Waals surface area (Å²) >= 11 is 0. The number of amides is 1. The molecule has 148 valence electrons. The summed E-state index contributed by atoms with van der Waals surface area (Å²) in [7, 11) is 1.71. The molecule has 4 aliphatic rings. The Morgan fingerprint density at radius 2 is 1.96 bits per heavy atom. The minimum atomic E-state index is -0.289. The molecule has 0 radical (unpaired) electrons. The zero-order valence-corrected chi connectivity index (χ0v) is 15.8. The van der Waals surface area contributed by atoms with Crippen molar-refractivity contribution in [3.05, 3.63) is 30.5 Å². The second-order valence-electron chi connectivity index (χ2n) is 7.82. The van der Waals surface area contributed by atoms with Crippen LogP contribution >= 0.6 is 0 Å². The molecule has 6 rings (SSSR count). The maximum atomic E-state index is 12.5. The van der Waals surface area contributed by atoms with Crippen LogP contribution in [0.2, 0.25) is 0 Å². The summed E-state index contributed by atoms with van der Waals surface area (Å²) in [5.41, 5.74) is -0.349. The van der Waals surface area contributed by atoms with E-state index in [0.29, 0.717) is 30.8 Å². The van der Waals surface area contributed by atoms with Crippen molar-refractivity contribution in [3.8, 4) is 11.7 Å². The van der Waals surface area contributed by atoms with Crippen molar-refractivity contribution in [1.29, 1.82) is 0 Å². The molecule has 3 saturated carbocycles. The van der Waals surface area contributed by atoms with E-state index in [4.69, 9.17) is 18.6 Å². The maximum absolute atomic E-state index is 12.5. The summed E-state index contributed by atoms with van der Waals surface area (Å²) in [6.45, 7) is 3.10. The zero-order valence-electron chi connectivity index (χ0n) is 15.8. The fraction of sp³-hybridized carbons (Fsp3) is 0.500. The molecular weight excluding hydrogens is 362 g/mol. The lowest BCUT2D eigenvalue weighted by Gasteiger charge is -2.67. The number of hydrogen-bond donors (Lipinski definition) is 1. The van der Waals surface area contributed by atoms with Crippen LogP contribution in [0.3, 0.4) is 0 Å². The number of pyridine rings is 1. The summed E-state index contributed by atoms with van der Waals surface area (Å²) < 4.78 is 22.1. The lowest BCUT2D eigenvalue weighted by molar-refractivity contribution is -0.260. The molecule has 28 heavy (non-hydrogen) atoms. The van der Waals surface area contributed by atoms with Gasteiger partial charge in [0.2, 0.25) is 11.8 Å². The molecule has 2 aromatic heterocycles. The van der Waals surface area contributed by atoms with Gasteiger partial charge in [-0.3, -0.25) is 10.1 Å². The number of ether oxygens (including phenoxy) is 3. The van der Waals surface area contributed by atoms with Crippen LogP contribution in [0.4, 0.5) is 11.7 Å². The molecule has 4 fully saturated rings. The minimum absolute atomic E-state index is 0.0103. The summed E-state index contributed by atoms with van der Waals surface area (Å²) in [6, 6.07) is 7.15. The summed E-state index contributed by atoms with van der Waals surface area (Å²) in [4.78, 5) is 19.1. The van der Waals surface area contributed by atoms with E-state index >= 15 is 0 Å². The summed E-state index contributed by atoms with van der Waals surface area (Å²) in [5, 5.41) is 2.85. The Morgan fingerprint density at radius 1 is 1.18 bits per heavy atom. The Morgan fingerprint density at radius 3 is 2.64 bits per heavy atom. The van der Waals surface area contributed by atoms with E-state index in [1.165, 1.54) is 0 Å². The third kappa shape index (κ3) is 2.93. The molecule has 2 bridgehead atoms. The third-order valence-corrected chi connectivity index (χ3v) is 5.99. The van der Waals surface area contributed by atoms with Gasteiger partial charge in [0.1, 0.15) is 11.6 Å². The SMILES string of the molecule is COC12CC(C(=O)Nc3ccc(Oc4ccc(N5CCOCC5)nc4)o3)(C1)C2. The Labute approximate surface area is 162 Å². The highest BCUT2D eigenvalue weighted by Gasteiger charge is 2.72. The number of aromatic nitrogens is 1. The number of anilines is 2. The van der Waals surface area contributed by atoms with Crippen LogP contribution in [0.5, 0.6) is 11.7 Å². The number of furan rings is 1. The second-order valence-corrected chi connectivity index (χ2v) is 7.82. The second kappa shape index (κ2) is 6.49.